The van der Waals surface area contributed by atoms with E-state index in [1.807, 2.05) is 32.0 Å². The van der Waals surface area contributed by atoms with Crippen molar-refractivity contribution in [1.82, 2.24) is 0 Å². The largest absolute Gasteiger partial charge is 0.384 e. The fraction of sp³-hybridized carbons (Fsp3) is 0.684. The number of fused-ring (bicyclic) bond motifs is 5. The Hall–Kier alpha value is -0.940. The lowest BCUT2D eigenvalue weighted by Gasteiger charge is -2.48. The number of hydrogen-bond donors (Lipinski definition) is 1. The molecule has 4 nitrogen and oxygen atoms in total. The molecule has 0 radical (unpaired) electrons. The average Bonchev–Trinajstić information content (AvgIpc) is 2.96. The molecule has 1 N–H and O–H groups in total. The standard InChI is InChI=1S/C19H26O4/c1-10-8-6-7-9-13(10)19(20)11(2)14-16-17(15(21-14)12(19)3)23-18(4,5)22-16/h6-9,11-12,14-17,20H,1-5H3/t11-,12+,14-,15+,16-,17+,19?. The van der Waals surface area contributed by atoms with E-state index in [1.165, 1.54) is 0 Å². The number of aliphatic hydroxyl groups is 1. The van der Waals surface area contributed by atoms with Gasteiger partial charge >= 0.3 is 0 Å². The second kappa shape index (κ2) is 4.79. The van der Waals surface area contributed by atoms with Crippen molar-refractivity contribution in [3.8, 4) is 0 Å². The summed E-state index contributed by atoms with van der Waals surface area (Å²) in [7, 11) is 0. The van der Waals surface area contributed by atoms with Crippen molar-refractivity contribution < 1.29 is 19.3 Å². The van der Waals surface area contributed by atoms with E-state index < -0.39 is 11.4 Å². The molecule has 4 heteroatoms. The van der Waals surface area contributed by atoms with Crippen molar-refractivity contribution in [2.75, 3.05) is 0 Å². The highest BCUT2D eigenvalue weighted by Gasteiger charge is 2.67. The first-order valence-electron chi connectivity index (χ1n) is 8.55. The van der Waals surface area contributed by atoms with Crippen molar-refractivity contribution in [3.63, 3.8) is 0 Å². The Morgan fingerprint density at radius 2 is 1.43 bits per heavy atom. The van der Waals surface area contributed by atoms with Crippen LogP contribution in [0.5, 0.6) is 0 Å². The van der Waals surface area contributed by atoms with Crippen molar-refractivity contribution in [3.05, 3.63) is 35.4 Å². The van der Waals surface area contributed by atoms with Gasteiger partial charge in [-0.1, -0.05) is 38.1 Å². The van der Waals surface area contributed by atoms with E-state index in [0.29, 0.717) is 0 Å². The molecular weight excluding hydrogens is 292 g/mol. The molecule has 0 saturated carbocycles. The molecule has 0 aliphatic carbocycles. The molecule has 1 unspecified atom stereocenters. The number of aryl methyl sites for hydroxylation is 1. The molecular formula is C19H26O4. The van der Waals surface area contributed by atoms with Gasteiger partial charge in [-0.3, -0.25) is 0 Å². The molecule has 0 amide bonds. The fourth-order valence-electron chi connectivity index (χ4n) is 4.89. The average molecular weight is 318 g/mol. The molecule has 0 spiro atoms. The summed E-state index contributed by atoms with van der Waals surface area (Å²) in [6.45, 7) is 10.1. The molecule has 3 saturated heterocycles. The van der Waals surface area contributed by atoms with Crippen LogP contribution in [0.25, 0.3) is 0 Å². The van der Waals surface area contributed by atoms with Gasteiger partial charge in [0.25, 0.3) is 0 Å². The van der Waals surface area contributed by atoms with Crippen LogP contribution in [0.2, 0.25) is 0 Å². The van der Waals surface area contributed by atoms with E-state index in [4.69, 9.17) is 14.2 Å². The molecule has 4 rings (SSSR count). The number of hydrogen-bond acceptors (Lipinski definition) is 4. The third kappa shape index (κ3) is 1.99. The summed E-state index contributed by atoms with van der Waals surface area (Å²) < 4.78 is 18.4. The maximum atomic E-state index is 11.7. The van der Waals surface area contributed by atoms with Crippen LogP contribution in [0.1, 0.15) is 38.8 Å². The summed E-state index contributed by atoms with van der Waals surface area (Å²) in [4.78, 5) is 0. The molecule has 7 atom stereocenters. The Balaban J connectivity index is 1.78. The quantitative estimate of drug-likeness (QED) is 0.865. The van der Waals surface area contributed by atoms with Crippen molar-refractivity contribution in [2.45, 2.75) is 70.4 Å². The van der Waals surface area contributed by atoms with Crippen LogP contribution in [0, 0.1) is 18.8 Å². The molecule has 2 bridgehead atoms. The molecule has 126 valence electrons. The first kappa shape index (κ1) is 15.6. The third-order valence-corrected chi connectivity index (χ3v) is 6.08. The minimum absolute atomic E-state index is 0.0673. The SMILES string of the molecule is Cc1ccccc1C1(O)[C@H](C)[C@H]2O[C@H]([C@@H]3OC(C)(C)O[C@@H]32)[C@@H]1C. The van der Waals surface area contributed by atoms with Crippen LogP contribution in [-0.2, 0) is 19.8 Å². The number of rotatable bonds is 1. The van der Waals surface area contributed by atoms with Gasteiger partial charge < -0.3 is 19.3 Å². The van der Waals surface area contributed by atoms with Gasteiger partial charge in [0.2, 0.25) is 0 Å². The lowest BCUT2D eigenvalue weighted by atomic mass is 9.68. The van der Waals surface area contributed by atoms with Gasteiger partial charge in [0.1, 0.15) is 17.8 Å². The predicted molar refractivity (Wildman–Crippen MR) is 85.9 cm³/mol. The highest BCUT2D eigenvalue weighted by atomic mass is 16.8. The molecule has 3 heterocycles. The molecule has 1 aromatic carbocycles. The summed E-state index contributed by atoms with van der Waals surface area (Å²) in [5.41, 5.74) is 1.18. The molecule has 0 aromatic heterocycles. The van der Waals surface area contributed by atoms with E-state index in [-0.39, 0.29) is 36.3 Å². The van der Waals surface area contributed by atoms with Crippen molar-refractivity contribution in [1.29, 1.82) is 0 Å². The molecule has 3 fully saturated rings. The van der Waals surface area contributed by atoms with Gasteiger partial charge in [0.05, 0.1) is 12.2 Å². The normalized spacial score (nSPS) is 47.6. The van der Waals surface area contributed by atoms with Crippen LogP contribution >= 0.6 is 0 Å². The Bertz CT molecular complexity index is 600. The van der Waals surface area contributed by atoms with Gasteiger partial charge in [-0.2, -0.15) is 0 Å². The summed E-state index contributed by atoms with van der Waals surface area (Å²) >= 11 is 0. The summed E-state index contributed by atoms with van der Waals surface area (Å²) in [6.07, 6.45) is -0.504. The van der Waals surface area contributed by atoms with Gasteiger partial charge in [-0.25, -0.2) is 0 Å². The highest BCUT2D eigenvalue weighted by molar-refractivity contribution is 5.35. The van der Waals surface area contributed by atoms with Crippen LogP contribution in [0.4, 0.5) is 0 Å². The van der Waals surface area contributed by atoms with Gasteiger partial charge in [-0.15, -0.1) is 0 Å². The van der Waals surface area contributed by atoms with Gasteiger partial charge in [0, 0.05) is 11.8 Å². The minimum atomic E-state index is -0.930. The summed E-state index contributed by atoms with van der Waals surface area (Å²) in [5.74, 6) is -0.711. The predicted octanol–water partition coefficient (Wildman–Crippen LogP) is 2.76. The lowest BCUT2D eigenvalue weighted by Crippen LogP contribution is -2.55. The summed E-state index contributed by atoms with van der Waals surface area (Å²) in [6, 6.07) is 8.10. The summed E-state index contributed by atoms with van der Waals surface area (Å²) in [5, 5.41) is 11.7. The molecule has 3 aliphatic rings. The minimum Gasteiger partial charge on any atom is -0.384 e. The third-order valence-electron chi connectivity index (χ3n) is 6.08. The monoisotopic (exact) mass is 318 g/mol. The zero-order chi connectivity index (χ0) is 16.6. The Morgan fingerprint density at radius 3 is 1.96 bits per heavy atom. The van der Waals surface area contributed by atoms with Crippen LogP contribution in [0.15, 0.2) is 24.3 Å². The number of benzene rings is 1. The van der Waals surface area contributed by atoms with Gasteiger partial charge in [0.15, 0.2) is 5.79 Å². The Morgan fingerprint density at radius 1 is 0.913 bits per heavy atom. The van der Waals surface area contributed by atoms with E-state index in [1.54, 1.807) is 0 Å². The van der Waals surface area contributed by atoms with Gasteiger partial charge in [-0.05, 0) is 31.9 Å². The molecule has 3 aliphatic heterocycles. The first-order chi connectivity index (χ1) is 10.8. The second-order valence-corrected chi connectivity index (χ2v) is 7.85. The van der Waals surface area contributed by atoms with E-state index in [9.17, 15) is 5.11 Å². The maximum Gasteiger partial charge on any atom is 0.164 e. The van der Waals surface area contributed by atoms with E-state index in [0.717, 1.165) is 11.1 Å². The van der Waals surface area contributed by atoms with E-state index >= 15 is 0 Å². The molecule has 1 aromatic rings. The number of ether oxygens (including phenoxy) is 3. The highest BCUT2D eigenvalue weighted by Crippen LogP contribution is 2.55. The van der Waals surface area contributed by atoms with Crippen LogP contribution in [-0.4, -0.2) is 35.3 Å². The second-order valence-electron chi connectivity index (χ2n) is 7.85. The fourth-order valence-corrected chi connectivity index (χ4v) is 4.89. The van der Waals surface area contributed by atoms with E-state index in [2.05, 4.69) is 26.8 Å². The molecule has 23 heavy (non-hydrogen) atoms. The van der Waals surface area contributed by atoms with Crippen LogP contribution < -0.4 is 0 Å². The van der Waals surface area contributed by atoms with Crippen LogP contribution in [0.3, 0.4) is 0 Å². The first-order valence-corrected chi connectivity index (χ1v) is 8.55. The Labute approximate surface area is 137 Å². The van der Waals surface area contributed by atoms with Crippen molar-refractivity contribution >= 4 is 0 Å². The zero-order valence-corrected chi connectivity index (χ0v) is 14.4. The Kier molecular flexibility index (Phi) is 3.24. The lowest BCUT2D eigenvalue weighted by molar-refractivity contribution is -0.253. The topological polar surface area (TPSA) is 47.9 Å². The maximum absolute atomic E-state index is 11.7. The smallest absolute Gasteiger partial charge is 0.164 e. The van der Waals surface area contributed by atoms with Crippen molar-refractivity contribution in [2.24, 2.45) is 11.8 Å². The zero-order valence-electron chi connectivity index (χ0n) is 14.4.